The summed E-state index contributed by atoms with van der Waals surface area (Å²) in [6, 6.07) is 6.82. The Morgan fingerprint density at radius 2 is 2.18 bits per heavy atom. The van der Waals surface area contributed by atoms with Crippen LogP contribution in [0.3, 0.4) is 0 Å². The van der Waals surface area contributed by atoms with Crippen LogP contribution >= 0.6 is 0 Å². The van der Waals surface area contributed by atoms with Gasteiger partial charge in [-0.2, -0.15) is 5.10 Å². The Kier molecular flexibility index (Phi) is 5.16. The van der Waals surface area contributed by atoms with Gasteiger partial charge >= 0.3 is 0 Å². The van der Waals surface area contributed by atoms with Gasteiger partial charge in [0.25, 0.3) is 0 Å². The van der Waals surface area contributed by atoms with Crippen LogP contribution in [0.25, 0.3) is 0 Å². The van der Waals surface area contributed by atoms with Gasteiger partial charge in [-0.15, -0.1) is 0 Å². The van der Waals surface area contributed by atoms with Crippen molar-refractivity contribution in [3.8, 4) is 0 Å². The third-order valence-electron chi connectivity index (χ3n) is 4.55. The second kappa shape index (κ2) is 7.49. The maximum absolute atomic E-state index is 4.45. The lowest BCUT2D eigenvalue weighted by Gasteiger charge is -2.35. The van der Waals surface area contributed by atoms with E-state index in [2.05, 4.69) is 39.0 Å². The zero-order chi connectivity index (χ0) is 15.2. The van der Waals surface area contributed by atoms with Crippen LogP contribution in [0.2, 0.25) is 0 Å². The second-order valence-corrected chi connectivity index (χ2v) is 5.97. The van der Waals surface area contributed by atoms with E-state index in [1.165, 1.54) is 37.9 Å². The quantitative estimate of drug-likeness (QED) is 0.823. The predicted octanol–water partition coefficient (Wildman–Crippen LogP) is 2.68. The monoisotopic (exact) mass is 299 g/mol. The van der Waals surface area contributed by atoms with Crippen molar-refractivity contribution in [2.75, 3.05) is 6.54 Å². The molecule has 118 valence electrons. The second-order valence-electron chi connectivity index (χ2n) is 5.97. The van der Waals surface area contributed by atoms with E-state index in [9.17, 15) is 0 Å². The van der Waals surface area contributed by atoms with Gasteiger partial charge in [0.1, 0.15) is 12.2 Å². The van der Waals surface area contributed by atoms with Gasteiger partial charge in [-0.3, -0.25) is 9.88 Å². The van der Waals surface area contributed by atoms with Crippen molar-refractivity contribution in [2.45, 2.75) is 58.2 Å². The van der Waals surface area contributed by atoms with Crippen LogP contribution in [-0.4, -0.2) is 37.2 Å². The number of rotatable bonds is 6. The van der Waals surface area contributed by atoms with E-state index in [0.29, 0.717) is 6.04 Å². The lowest BCUT2D eigenvalue weighted by molar-refractivity contribution is 0.127. The Morgan fingerprint density at radius 1 is 1.23 bits per heavy atom. The van der Waals surface area contributed by atoms with E-state index >= 15 is 0 Å². The molecule has 5 nitrogen and oxygen atoms in total. The number of pyridine rings is 1. The van der Waals surface area contributed by atoms with Crippen LogP contribution in [0.4, 0.5) is 0 Å². The number of aryl methyl sites for hydroxylation is 2. The van der Waals surface area contributed by atoms with E-state index in [-0.39, 0.29) is 0 Å². The van der Waals surface area contributed by atoms with E-state index < -0.39 is 0 Å². The summed E-state index contributed by atoms with van der Waals surface area (Å²) < 4.78 is 2.00. The van der Waals surface area contributed by atoms with Gasteiger partial charge in [0, 0.05) is 24.5 Å². The molecular formula is C17H25N5. The van der Waals surface area contributed by atoms with E-state index in [0.717, 1.165) is 25.3 Å². The fraction of sp³-hybridized carbons (Fsp3) is 0.588. The van der Waals surface area contributed by atoms with Crippen molar-refractivity contribution in [3.05, 3.63) is 42.2 Å². The molecule has 2 aromatic heterocycles. The molecular weight excluding hydrogens is 274 g/mol. The van der Waals surface area contributed by atoms with Crippen LogP contribution in [-0.2, 0) is 19.5 Å². The third kappa shape index (κ3) is 3.71. The van der Waals surface area contributed by atoms with Gasteiger partial charge in [0.2, 0.25) is 0 Å². The first-order valence-electron chi connectivity index (χ1n) is 8.37. The molecule has 1 aliphatic rings. The number of hydrogen-bond donors (Lipinski definition) is 0. The molecule has 0 aromatic carbocycles. The molecule has 0 saturated carbocycles. The van der Waals surface area contributed by atoms with Gasteiger partial charge < -0.3 is 0 Å². The molecule has 0 amide bonds. The summed E-state index contributed by atoms with van der Waals surface area (Å²) in [7, 11) is 0. The fourth-order valence-electron chi connectivity index (χ4n) is 3.31. The van der Waals surface area contributed by atoms with E-state index in [1.807, 2.05) is 16.9 Å². The van der Waals surface area contributed by atoms with Crippen molar-refractivity contribution >= 4 is 0 Å². The molecule has 22 heavy (non-hydrogen) atoms. The molecule has 1 saturated heterocycles. The average Bonchev–Trinajstić information content (AvgIpc) is 3.02. The van der Waals surface area contributed by atoms with Gasteiger partial charge in [0.05, 0.1) is 6.54 Å². The van der Waals surface area contributed by atoms with E-state index in [4.69, 9.17) is 0 Å². The van der Waals surface area contributed by atoms with E-state index in [1.54, 1.807) is 6.33 Å². The molecule has 1 atom stereocenters. The maximum atomic E-state index is 4.45. The lowest BCUT2D eigenvalue weighted by atomic mass is 9.97. The SMILES string of the molecule is CCn1ncnc1CN1CCCC[C@@H]1CCc1ccccn1. The summed E-state index contributed by atoms with van der Waals surface area (Å²) in [6.45, 7) is 5.10. The lowest BCUT2D eigenvalue weighted by Crippen LogP contribution is -2.40. The standard InChI is InChI=1S/C17H25N5/c1-2-22-17(19-14-20-22)13-21-12-6-4-8-16(21)10-9-15-7-3-5-11-18-15/h3,5,7,11,14,16H,2,4,6,8-10,12-13H2,1H3/t16-/m1/s1. The minimum Gasteiger partial charge on any atom is -0.293 e. The average molecular weight is 299 g/mol. The van der Waals surface area contributed by atoms with Crippen molar-refractivity contribution in [1.29, 1.82) is 0 Å². The van der Waals surface area contributed by atoms with Crippen LogP contribution in [0.5, 0.6) is 0 Å². The molecule has 2 aromatic rings. The highest BCUT2D eigenvalue weighted by Crippen LogP contribution is 2.22. The van der Waals surface area contributed by atoms with Crippen molar-refractivity contribution in [1.82, 2.24) is 24.6 Å². The molecule has 3 heterocycles. The van der Waals surface area contributed by atoms with Gasteiger partial charge in [-0.05, 0) is 51.3 Å². The van der Waals surface area contributed by atoms with Crippen LogP contribution in [0.15, 0.2) is 30.7 Å². The molecule has 1 aliphatic heterocycles. The largest absolute Gasteiger partial charge is 0.293 e. The number of nitrogens with zero attached hydrogens (tertiary/aromatic N) is 5. The number of hydrogen-bond acceptors (Lipinski definition) is 4. The zero-order valence-corrected chi connectivity index (χ0v) is 13.4. The highest BCUT2D eigenvalue weighted by atomic mass is 15.3. The predicted molar refractivity (Wildman–Crippen MR) is 86.3 cm³/mol. The topological polar surface area (TPSA) is 46.8 Å². The minimum atomic E-state index is 0.637. The molecule has 0 aliphatic carbocycles. The molecule has 3 rings (SSSR count). The first-order chi connectivity index (χ1) is 10.9. The summed E-state index contributed by atoms with van der Waals surface area (Å²) in [5.41, 5.74) is 1.20. The van der Waals surface area contributed by atoms with Gasteiger partial charge in [-0.1, -0.05) is 12.5 Å². The Hall–Kier alpha value is -1.75. The van der Waals surface area contributed by atoms with Crippen molar-refractivity contribution in [2.24, 2.45) is 0 Å². The number of aromatic nitrogens is 4. The summed E-state index contributed by atoms with van der Waals surface area (Å²) in [4.78, 5) is 11.5. The fourth-order valence-corrected chi connectivity index (χ4v) is 3.31. The molecule has 0 unspecified atom stereocenters. The first-order valence-corrected chi connectivity index (χ1v) is 8.37. The zero-order valence-electron chi connectivity index (χ0n) is 13.4. The Morgan fingerprint density at radius 3 is 3.00 bits per heavy atom. The molecule has 0 bridgehead atoms. The van der Waals surface area contributed by atoms with Gasteiger partial charge in [-0.25, -0.2) is 9.67 Å². The summed E-state index contributed by atoms with van der Waals surface area (Å²) in [5, 5.41) is 4.29. The van der Waals surface area contributed by atoms with Crippen LogP contribution in [0, 0.1) is 0 Å². The van der Waals surface area contributed by atoms with Crippen LogP contribution in [0.1, 0.15) is 44.1 Å². The Bertz CT molecular complexity index is 565. The van der Waals surface area contributed by atoms with Crippen molar-refractivity contribution in [3.63, 3.8) is 0 Å². The molecule has 0 spiro atoms. The van der Waals surface area contributed by atoms with Crippen molar-refractivity contribution < 1.29 is 0 Å². The summed E-state index contributed by atoms with van der Waals surface area (Å²) in [5.74, 6) is 1.09. The minimum absolute atomic E-state index is 0.637. The number of piperidine rings is 1. The normalized spacial score (nSPS) is 19.4. The molecule has 0 N–H and O–H groups in total. The maximum Gasteiger partial charge on any atom is 0.141 e. The smallest absolute Gasteiger partial charge is 0.141 e. The molecule has 0 radical (unpaired) electrons. The highest BCUT2D eigenvalue weighted by Gasteiger charge is 2.23. The number of likely N-dealkylation sites (tertiary alicyclic amines) is 1. The highest BCUT2D eigenvalue weighted by molar-refractivity contribution is 5.04. The first kappa shape index (κ1) is 15.2. The molecule has 1 fully saturated rings. The summed E-state index contributed by atoms with van der Waals surface area (Å²) in [6.07, 6.45) is 9.71. The Labute approximate surface area is 132 Å². The summed E-state index contributed by atoms with van der Waals surface area (Å²) >= 11 is 0. The molecule has 5 heteroatoms. The third-order valence-corrected chi connectivity index (χ3v) is 4.55. The van der Waals surface area contributed by atoms with Crippen LogP contribution < -0.4 is 0 Å². The Balaban J connectivity index is 1.61. The van der Waals surface area contributed by atoms with Gasteiger partial charge in [0.15, 0.2) is 0 Å².